The summed E-state index contributed by atoms with van der Waals surface area (Å²) in [5.41, 5.74) is 2.85. The maximum atomic E-state index is 5.45. The third-order valence-corrected chi connectivity index (χ3v) is 5.18. The summed E-state index contributed by atoms with van der Waals surface area (Å²) in [4.78, 5) is 2.29. The van der Waals surface area contributed by atoms with Crippen molar-refractivity contribution in [2.24, 2.45) is 5.10 Å². The average molecular weight is 442 g/mol. The number of ether oxygens (including phenoxy) is 3. The number of H-pyrrole nitrogens is 1. The molecule has 1 N–H and O–H groups in total. The zero-order valence-corrected chi connectivity index (χ0v) is 19.2. The number of hydrogen-bond donors (Lipinski definition) is 1. The number of nitrogens with zero attached hydrogens (tertiary/aromatic N) is 4. The molecule has 0 aliphatic carbocycles. The first kappa shape index (κ1) is 22.4. The van der Waals surface area contributed by atoms with Gasteiger partial charge in [0, 0.05) is 24.3 Å². The van der Waals surface area contributed by atoms with Crippen molar-refractivity contribution in [2.45, 2.75) is 13.8 Å². The zero-order chi connectivity index (χ0) is 22.4. The van der Waals surface area contributed by atoms with Crippen LogP contribution in [0.4, 0.5) is 5.69 Å². The van der Waals surface area contributed by atoms with Gasteiger partial charge in [0.2, 0.25) is 10.5 Å². The number of benzene rings is 2. The number of nitrogens with one attached hydrogen (secondary N) is 1. The molecule has 8 nitrogen and oxygen atoms in total. The van der Waals surface area contributed by atoms with E-state index in [0.717, 1.165) is 24.2 Å². The van der Waals surface area contributed by atoms with Gasteiger partial charge in [-0.3, -0.25) is 0 Å². The topological polar surface area (TPSA) is 76.9 Å². The quantitative estimate of drug-likeness (QED) is 0.393. The first-order valence-corrected chi connectivity index (χ1v) is 10.3. The highest BCUT2D eigenvalue weighted by molar-refractivity contribution is 7.71. The Bertz CT molecular complexity index is 1080. The molecule has 0 atom stereocenters. The molecule has 0 aliphatic heterocycles. The van der Waals surface area contributed by atoms with E-state index in [0.29, 0.717) is 27.8 Å². The summed E-state index contributed by atoms with van der Waals surface area (Å²) >= 11 is 5.38. The molecule has 0 saturated heterocycles. The molecule has 3 aromatic rings. The summed E-state index contributed by atoms with van der Waals surface area (Å²) in [6.07, 6.45) is 1.75. The number of aromatic nitrogens is 3. The van der Waals surface area contributed by atoms with Crippen LogP contribution in [-0.2, 0) is 0 Å². The molecule has 3 rings (SSSR count). The van der Waals surface area contributed by atoms with Crippen molar-refractivity contribution < 1.29 is 14.2 Å². The molecule has 31 heavy (non-hydrogen) atoms. The summed E-state index contributed by atoms with van der Waals surface area (Å²) < 4.78 is 18.2. The highest BCUT2D eigenvalue weighted by Gasteiger charge is 2.17. The van der Waals surface area contributed by atoms with Gasteiger partial charge in [-0.15, -0.1) is 0 Å². The average Bonchev–Trinajstić information content (AvgIpc) is 3.18. The molecule has 0 radical (unpaired) electrons. The van der Waals surface area contributed by atoms with E-state index < -0.39 is 0 Å². The van der Waals surface area contributed by atoms with Gasteiger partial charge in [-0.25, -0.2) is 5.10 Å². The summed E-state index contributed by atoms with van der Waals surface area (Å²) in [7, 11) is 4.70. The highest BCUT2D eigenvalue weighted by Crippen LogP contribution is 2.40. The zero-order valence-electron chi connectivity index (χ0n) is 18.4. The molecule has 2 aromatic carbocycles. The Labute approximate surface area is 187 Å². The molecule has 1 aromatic heterocycles. The summed E-state index contributed by atoms with van der Waals surface area (Å²) in [6, 6.07) is 11.8. The molecule has 0 bridgehead atoms. The normalized spacial score (nSPS) is 11.0. The van der Waals surface area contributed by atoms with Gasteiger partial charge in [0.1, 0.15) is 0 Å². The molecular weight excluding hydrogens is 414 g/mol. The van der Waals surface area contributed by atoms with Crippen molar-refractivity contribution in [2.75, 3.05) is 39.3 Å². The predicted molar refractivity (Wildman–Crippen MR) is 125 cm³/mol. The van der Waals surface area contributed by atoms with Crippen LogP contribution in [0.2, 0.25) is 0 Å². The van der Waals surface area contributed by atoms with E-state index in [4.69, 9.17) is 26.4 Å². The van der Waals surface area contributed by atoms with Gasteiger partial charge in [0.15, 0.2) is 17.3 Å². The van der Waals surface area contributed by atoms with E-state index >= 15 is 0 Å². The summed E-state index contributed by atoms with van der Waals surface area (Å²) in [5.74, 6) is 2.08. The summed E-state index contributed by atoms with van der Waals surface area (Å²) in [5, 5.41) is 11.7. The van der Waals surface area contributed by atoms with Gasteiger partial charge in [0.25, 0.3) is 0 Å². The second kappa shape index (κ2) is 10.1. The lowest BCUT2D eigenvalue weighted by Gasteiger charge is -2.20. The standard InChI is InChI=1S/C22H27N5O3S/c1-6-26(7-2)17-10-8-15(9-11-17)14-23-27-21(24-25-22(27)31)16-12-18(28-3)20(30-5)19(13-16)29-4/h8-14H,6-7H2,1-5H3,(H,25,31). The number of methoxy groups -OCH3 is 3. The molecule has 0 aliphatic rings. The Kier molecular flexibility index (Phi) is 7.30. The van der Waals surface area contributed by atoms with Crippen molar-refractivity contribution in [3.63, 3.8) is 0 Å². The molecule has 0 amide bonds. The van der Waals surface area contributed by atoms with E-state index in [1.807, 2.05) is 12.1 Å². The molecule has 0 spiro atoms. The minimum absolute atomic E-state index is 0.375. The fraction of sp³-hybridized carbons (Fsp3) is 0.318. The van der Waals surface area contributed by atoms with Gasteiger partial charge in [-0.2, -0.15) is 14.9 Å². The van der Waals surface area contributed by atoms with Crippen LogP contribution in [0.1, 0.15) is 19.4 Å². The number of anilines is 1. The number of rotatable bonds is 9. The van der Waals surface area contributed by atoms with Gasteiger partial charge in [-0.05, 0) is 55.9 Å². The van der Waals surface area contributed by atoms with E-state index in [-0.39, 0.29) is 0 Å². The van der Waals surface area contributed by atoms with E-state index in [1.165, 1.54) is 5.69 Å². The van der Waals surface area contributed by atoms with E-state index in [9.17, 15) is 0 Å². The molecule has 1 heterocycles. The minimum Gasteiger partial charge on any atom is -0.493 e. The SMILES string of the molecule is CCN(CC)c1ccc(C=Nn2c(-c3cc(OC)c(OC)c(OC)c3)n[nH]c2=S)cc1. The second-order valence-electron chi connectivity index (χ2n) is 6.59. The number of hydrogen-bond acceptors (Lipinski definition) is 7. The van der Waals surface area contributed by atoms with Crippen molar-refractivity contribution in [3.05, 3.63) is 46.7 Å². The Balaban J connectivity index is 1.96. The molecule has 0 fully saturated rings. The smallest absolute Gasteiger partial charge is 0.216 e. The molecule has 9 heteroatoms. The highest BCUT2D eigenvalue weighted by atomic mass is 32.1. The van der Waals surface area contributed by atoms with Crippen LogP contribution in [0.5, 0.6) is 17.2 Å². The first-order chi connectivity index (χ1) is 15.1. The van der Waals surface area contributed by atoms with Crippen molar-refractivity contribution in [1.82, 2.24) is 14.9 Å². The lowest BCUT2D eigenvalue weighted by atomic mass is 10.1. The first-order valence-electron chi connectivity index (χ1n) is 9.93. The van der Waals surface area contributed by atoms with Crippen LogP contribution in [0.3, 0.4) is 0 Å². The fourth-order valence-electron chi connectivity index (χ4n) is 3.28. The molecular formula is C22H27N5O3S. The van der Waals surface area contributed by atoms with Crippen LogP contribution in [-0.4, -0.2) is 55.5 Å². The van der Waals surface area contributed by atoms with E-state index in [1.54, 1.807) is 44.4 Å². The monoisotopic (exact) mass is 441 g/mol. The minimum atomic E-state index is 0.375. The van der Waals surface area contributed by atoms with Crippen LogP contribution in [0.25, 0.3) is 11.4 Å². The second-order valence-corrected chi connectivity index (χ2v) is 6.97. The van der Waals surface area contributed by atoms with Crippen molar-refractivity contribution >= 4 is 24.1 Å². The third kappa shape index (κ3) is 4.72. The largest absolute Gasteiger partial charge is 0.493 e. The Hall–Kier alpha value is -3.33. The van der Waals surface area contributed by atoms with Crippen LogP contribution in [0.15, 0.2) is 41.5 Å². The lowest BCUT2D eigenvalue weighted by molar-refractivity contribution is 0.324. The maximum absolute atomic E-state index is 5.45. The Morgan fingerprint density at radius 3 is 2.16 bits per heavy atom. The van der Waals surface area contributed by atoms with Crippen LogP contribution >= 0.6 is 12.2 Å². The number of aromatic amines is 1. The fourth-order valence-corrected chi connectivity index (χ4v) is 3.46. The van der Waals surface area contributed by atoms with Crippen LogP contribution in [0, 0.1) is 4.77 Å². The third-order valence-electron chi connectivity index (χ3n) is 4.92. The maximum Gasteiger partial charge on any atom is 0.216 e. The van der Waals surface area contributed by atoms with Crippen LogP contribution < -0.4 is 19.1 Å². The predicted octanol–water partition coefficient (Wildman–Crippen LogP) is 4.36. The van der Waals surface area contributed by atoms with Crippen molar-refractivity contribution in [3.8, 4) is 28.6 Å². The van der Waals surface area contributed by atoms with Gasteiger partial charge >= 0.3 is 0 Å². The van der Waals surface area contributed by atoms with E-state index in [2.05, 4.69) is 46.2 Å². The molecule has 0 unspecified atom stereocenters. The van der Waals surface area contributed by atoms with Gasteiger partial charge in [-0.1, -0.05) is 12.1 Å². The lowest BCUT2D eigenvalue weighted by Crippen LogP contribution is -2.21. The molecule has 0 saturated carbocycles. The Morgan fingerprint density at radius 2 is 1.65 bits per heavy atom. The molecule has 164 valence electrons. The van der Waals surface area contributed by atoms with Crippen molar-refractivity contribution in [1.29, 1.82) is 0 Å². The summed E-state index contributed by atoms with van der Waals surface area (Å²) in [6.45, 7) is 6.22. The Morgan fingerprint density at radius 1 is 1.03 bits per heavy atom. The van der Waals surface area contributed by atoms with Gasteiger partial charge in [0.05, 0.1) is 27.5 Å². The van der Waals surface area contributed by atoms with Gasteiger partial charge < -0.3 is 19.1 Å².